The summed E-state index contributed by atoms with van der Waals surface area (Å²) in [6.07, 6.45) is 0. The fraction of sp³-hybridized carbons (Fsp3) is 0.333. The van der Waals surface area contributed by atoms with Crippen molar-refractivity contribution in [1.29, 1.82) is 0 Å². The third kappa shape index (κ3) is 2.03. The number of hydrogen-bond donors (Lipinski definition) is 1. The highest BCUT2D eigenvalue weighted by molar-refractivity contribution is 6.10. The van der Waals surface area contributed by atoms with E-state index in [4.69, 9.17) is 5.73 Å². The summed E-state index contributed by atoms with van der Waals surface area (Å²) in [6, 6.07) is 7.33. The third-order valence-electron chi connectivity index (χ3n) is 3.20. The van der Waals surface area contributed by atoms with E-state index in [9.17, 15) is 9.59 Å². The minimum atomic E-state index is -0.526. The molecule has 1 heterocycles. The van der Waals surface area contributed by atoms with Gasteiger partial charge in [0.25, 0.3) is 5.91 Å². The van der Waals surface area contributed by atoms with Crippen molar-refractivity contribution >= 4 is 22.7 Å². The fourth-order valence-corrected chi connectivity index (χ4v) is 2.28. The molecule has 1 aromatic heterocycles. The smallest absolute Gasteiger partial charge is 0.251 e. The molecule has 2 N–H and O–H groups in total. The highest BCUT2D eigenvalue weighted by atomic mass is 16.2. The summed E-state index contributed by atoms with van der Waals surface area (Å²) >= 11 is 0. The molecule has 0 bridgehead atoms. The second kappa shape index (κ2) is 4.23. The molecule has 0 aliphatic heterocycles. The van der Waals surface area contributed by atoms with E-state index in [-0.39, 0.29) is 5.91 Å². The molecule has 0 aliphatic carbocycles. The average molecular weight is 258 g/mol. The third-order valence-corrected chi connectivity index (χ3v) is 3.20. The number of primary amides is 1. The van der Waals surface area contributed by atoms with E-state index >= 15 is 0 Å². The predicted octanol–water partition coefficient (Wildman–Crippen LogP) is 2.73. The first kappa shape index (κ1) is 13.3. The van der Waals surface area contributed by atoms with Crippen molar-refractivity contribution in [2.24, 2.45) is 11.1 Å². The van der Waals surface area contributed by atoms with Crippen molar-refractivity contribution in [3.8, 4) is 0 Å². The zero-order valence-corrected chi connectivity index (χ0v) is 11.7. The molecule has 0 spiro atoms. The van der Waals surface area contributed by atoms with Crippen molar-refractivity contribution in [2.75, 3.05) is 0 Å². The highest BCUT2D eigenvalue weighted by Crippen LogP contribution is 2.29. The van der Waals surface area contributed by atoms with Crippen LogP contribution in [0.2, 0.25) is 0 Å². The van der Waals surface area contributed by atoms with E-state index in [1.165, 1.54) is 0 Å². The molecular formula is C15H18N2O2. The summed E-state index contributed by atoms with van der Waals surface area (Å²) in [5.74, 6) is -0.553. The standard InChI is InChI=1S/C15H18N2O2/c1-9-12(13(16)18)10-7-5-6-8-11(10)17(9)14(19)15(2,3)4/h5-8H,1-4H3,(H2,16,18). The highest BCUT2D eigenvalue weighted by Gasteiger charge is 2.28. The van der Waals surface area contributed by atoms with Gasteiger partial charge in [0.15, 0.2) is 0 Å². The van der Waals surface area contributed by atoms with Crippen LogP contribution in [-0.4, -0.2) is 16.4 Å². The van der Waals surface area contributed by atoms with E-state index in [1.807, 2.05) is 45.0 Å². The van der Waals surface area contributed by atoms with Crippen LogP contribution in [0.25, 0.3) is 10.9 Å². The molecule has 19 heavy (non-hydrogen) atoms. The summed E-state index contributed by atoms with van der Waals surface area (Å²) in [5, 5.41) is 0.727. The number of nitrogens with two attached hydrogens (primary N) is 1. The van der Waals surface area contributed by atoms with E-state index in [1.54, 1.807) is 11.5 Å². The topological polar surface area (TPSA) is 65.1 Å². The molecule has 0 saturated heterocycles. The van der Waals surface area contributed by atoms with Crippen LogP contribution < -0.4 is 5.73 Å². The fourth-order valence-electron chi connectivity index (χ4n) is 2.28. The first-order chi connectivity index (χ1) is 8.75. The van der Waals surface area contributed by atoms with E-state index in [2.05, 4.69) is 0 Å². The second-order valence-corrected chi connectivity index (χ2v) is 5.73. The Labute approximate surface area is 112 Å². The molecule has 0 radical (unpaired) electrons. The van der Waals surface area contributed by atoms with Crippen LogP contribution in [0.5, 0.6) is 0 Å². The Balaban J connectivity index is 2.86. The normalized spacial score (nSPS) is 11.8. The van der Waals surface area contributed by atoms with Gasteiger partial charge in [-0.2, -0.15) is 0 Å². The Hall–Kier alpha value is -2.10. The van der Waals surface area contributed by atoms with Gasteiger partial charge in [-0.3, -0.25) is 14.2 Å². The maximum Gasteiger partial charge on any atom is 0.251 e. The van der Waals surface area contributed by atoms with Gasteiger partial charge in [0.05, 0.1) is 11.1 Å². The molecule has 2 rings (SSSR count). The summed E-state index contributed by atoms with van der Waals surface area (Å²) in [7, 11) is 0. The lowest BCUT2D eigenvalue weighted by atomic mass is 9.95. The molecule has 4 heteroatoms. The molecule has 0 atom stereocenters. The van der Waals surface area contributed by atoms with Gasteiger partial charge in [-0.05, 0) is 13.0 Å². The molecular weight excluding hydrogens is 240 g/mol. The van der Waals surface area contributed by atoms with Crippen LogP contribution in [-0.2, 0) is 0 Å². The molecule has 4 nitrogen and oxygen atoms in total. The van der Waals surface area contributed by atoms with Gasteiger partial charge in [0, 0.05) is 16.5 Å². The van der Waals surface area contributed by atoms with Crippen LogP contribution >= 0.6 is 0 Å². The van der Waals surface area contributed by atoms with Gasteiger partial charge >= 0.3 is 0 Å². The molecule has 0 saturated carbocycles. The van der Waals surface area contributed by atoms with Crippen LogP contribution in [0.1, 0.15) is 41.6 Å². The molecule has 1 aromatic carbocycles. The zero-order valence-electron chi connectivity index (χ0n) is 11.7. The monoisotopic (exact) mass is 258 g/mol. The van der Waals surface area contributed by atoms with Crippen molar-refractivity contribution < 1.29 is 9.59 Å². The van der Waals surface area contributed by atoms with Crippen molar-refractivity contribution in [3.63, 3.8) is 0 Å². The van der Waals surface area contributed by atoms with E-state index in [0.29, 0.717) is 11.3 Å². The number of benzene rings is 1. The maximum atomic E-state index is 12.5. The number of aromatic nitrogens is 1. The SMILES string of the molecule is Cc1c(C(N)=O)c2ccccc2n1C(=O)C(C)(C)C. The number of fused-ring (bicyclic) bond motifs is 1. The van der Waals surface area contributed by atoms with Gasteiger partial charge in [0.2, 0.25) is 5.91 Å². The summed E-state index contributed by atoms with van der Waals surface area (Å²) < 4.78 is 1.59. The summed E-state index contributed by atoms with van der Waals surface area (Å²) in [6.45, 7) is 7.32. The molecule has 0 aliphatic rings. The molecule has 2 aromatic rings. The zero-order chi connectivity index (χ0) is 14.4. The lowest BCUT2D eigenvalue weighted by Crippen LogP contribution is -2.27. The quantitative estimate of drug-likeness (QED) is 0.854. The maximum absolute atomic E-state index is 12.5. The Bertz CT molecular complexity index is 675. The first-order valence-electron chi connectivity index (χ1n) is 6.20. The average Bonchev–Trinajstić information content (AvgIpc) is 2.58. The van der Waals surface area contributed by atoms with Gasteiger partial charge in [-0.1, -0.05) is 39.0 Å². The largest absolute Gasteiger partial charge is 0.366 e. The second-order valence-electron chi connectivity index (χ2n) is 5.73. The lowest BCUT2D eigenvalue weighted by Gasteiger charge is -2.19. The number of rotatable bonds is 1. The Kier molecular flexibility index (Phi) is 2.97. The number of amides is 1. The van der Waals surface area contributed by atoms with Gasteiger partial charge in [-0.15, -0.1) is 0 Å². The number of para-hydroxylation sites is 1. The van der Waals surface area contributed by atoms with Crippen molar-refractivity contribution in [1.82, 2.24) is 4.57 Å². The molecule has 1 amide bonds. The lowest BCUT2D eigenvalue weighted by molar-refractivity contribution is 0.0770. The van der Waals surface area contributed by atoms with Crippen LogP contribution in [0.3, 0.4) is 0 Å². The molecule has 100 valence electrons. The summed E-state index contributed by atoms with van der Waals surface area (Å²) in [4.78, 5) is 24.2. The van der Waals surface area contributed by atoms with Crippen LogP contribution in [0.15, 0.2) is 24.3 Å². The van der Waals surface area contributed by atoms with Crippen molar-refractivity contribution in [3.05, 3.63) is 35.5 Å². The Morgan fingerprint density at radius 2 is 1.74 bits per heavy atom. The molecule has 0 unspecified atom stereocenters. The van der Waals surface area contributed by atoms with Crippen LogP contribution in [0, 0.1) is 12.3 Å². The van der Waals surface area contributed by atoms with Gasteiger partial charge in [-0.25, -0.2) is 0 Å². The van der Waals surface area contributed by atoms with Crippen molar-refractivity contribution in [2.45, 2.75) is 27.7 Å². The molecule has 0 fully saturated rings. The minimum absolute atomic E-state index is 0.0475. The summed E-state index contributed by atoms with van der Waals surface area (Å²) in [5.41, 5.74) is 6.67. The first-order valence-corrected chi connectivity index (χ1v) is 6.20. The Morgan fingerprint density at radius 1 is 1.16 bits per heavy atom. The van der Waals surface area contributed by atoms with Crippen LogP contribution in [0.4, 0.5) is 0 Å². The van der Waals surface area contributed by atoms with E-state index < -0.39 is 11.3 Å². The van der Waals surface area contributed by atoms with E-state index in [0.717, 1.165) is 10.9 Å². The van der Waals surface area contributed by atoms with Gasteiger partial charge in [0.1, 0.15) is 0 Å². The number of carbonyl (C=O) groups excluding carboxylic acids is 2. The number of nitrogens with zero attached hydrogens (tertiary/aromatic N) is 1. The predicted molar refractivity (Wildman–Crippen MR) is 75.3 cm³/mol. The number of hydrogen-bond acceptors (Lipinski definition) is 2. The Morgan fingerprint density at radius 3 is 2.26 bits per heavy atom. The number of carbonyl (C=O) groups is 2. The van der Waals surface area contributed by atoms with Gasteiger partial charge < -0.3 is 5.73 Å². The minimum Gasteiger partial charge on any atom is -0.366 e.